The second kappa shape index (κ2) is 8.94. The van der Waals surface area contributed by atoms with Crippen molar-refractivity contribution in [2.75, 3.05) is 6.61 Å². The van der Waals surface area contributed by atoms with Gasteiger partial charge in [0.2, 0.25) is 0 Å². The fourth-order valence-corrected chi connectivity index (χ4v) is 2.39. The molecule has 0 fully saturated rings. The van der Waals surface area contributed by atoms with Crippen LogP contribution >= 0.6 is 11.6 Å². The molecule has 158 valence electrons. The molecule has 0 unspecified atom stereocenters. The molecule has 0 spiro atoms. The average Bonchev–Trinajstić information content (AvgIpc) is 2.61. The first kappa shape index (κ1) is 22.9. The van der Waals surface area contributed by atoms with Crippen molar-refractivity contribution in [3.05, 3.63) is 46.6 Å². The highest BCUT2D eigenvalue weighted by Gasteiger charge is 2.32. The molecular weight excluding hydrogens is 421 g/mol. The summed E-state index contributed by atoms with van der Waals surface area (Å²) in [6.07, 6.45) is -5.53. The molecule has 0 amide bonds. The fourth-order valence-electron chi connectivity index (χ4n) is 2.20. The Morgan fingerprint density at radius 3 is 2.34 bits per heavy atom. The summed E-state index contributed by atoms with van der Waals surface area (Å²) in [7, 11) is 0. The molecule has 4 nitrogen and oxygen atoms in total. The first-order valence-corrected chi connectivity index (χ1v) is 8.83. The van der Waals surface area contributed by atoms with Gasteiger partial charge >= 0.3 is 12.1 Å². The molecule has 2 rings (SSSR count). The van der Waals surface area contributed by atoms with Crippen molar-refractivity contribution in [2.45, 2.75) is 33.1 Å². The van der Waals surface area contributed by atoms with Gasteiger partial charge in [-0.05, 0) is 31.0 Å². The van der Waals surface area contributed by atoms with Crippen molar-refractivity contribution in [1.29, 1.82) is 0 Å². The quantitative estimate of drug-likeness (QED) is 0.432. The Morgan fingerprint density at radius 2 is 1.79 bits per heavy atom. The second-order valence-corrected chi connectivity index (χ2v) is 7.01. The molecule has 0 aliphatic heterocycles. The van der Waals surface area contributed by atoms with E-state index in [2.05, 4.69) is 4.98 Å². The van der Waals surface area contributed by atoms with Gasteiger partial charge in [-0.1, -0.05) is 25.4 Å². The summed E-state index contributed by atoms with van der Waals surface area (Å²) < 4.78 is 76.8. The summed E-state index contributed by atoms with van der Waals surface area (Å²) in [4.78, 5) is 15.3. The number of halogens is 6. The Bertz CT molecular complexity index is 902. The van der Waals surface area contributed by atoms with Crippen LogP contribution in [0.5, 0.6) is 5.75 Å². The average molecular weight is 438 g/mol. The van der Waals surface area contributed by atoms with Gasteiger partial charge in [-0.3, -0.25) is 4.98 Å². The summed E-state index contributed by atoms with van der Waals surface area (Å²) in [6.45, 7) is 5.22. The van der Waals surface area contributed by atoms with E-state index >= 15 is 0 Å². The normalized spacial score (nSPS) is 12.8. The molecule has 0 aliphatic carbocycles. The number of rotatable bonds is 6. The number of hydrogen-bond acceptors (Lipinski definition) is 4. The Hall–Kier alpha value is -2.42. The molecule has 10 heteroatoms. The molecule has 29 heavy (non-hydrogen) atoms. The standard InChI is InChI=1S/C19H17ClF5NO3/c1-9(2)8-28-18(27)10(3)29-16-5-12(14(21)6-13(16)20)17-15(22)4-11(7-26-17)19(23,24)25/h4-7,9-10H,8H2,1-3H3/t10-/m1/s1. The van der Waals surface area contributed by atoms with Crippen molar-refractivity contribution >= 4 is 17.6 Å². The van der Waals surface area contributed by atoms with Gasteiger partial charge in [-0.25, -0.2) is 13.6 Å². The van der Waals surface area contributed by atoms with Crippen molar-refractivity contribution in [3.8, 4) is 17.0 Å². The van der Waals surface area contributed by atoms with Crippen LogP contribution in [0.3, 0.4) is 0 Å². The molecular formula is C19H17ClF5NO3. The summed E-state index contributed by atoms with van der Waals surface area (Å²) in [5, 5.41) is -0.220. The summed E-state index contributed by atoms with van der Waals surface area (Å²) >= 11 is 5.91. The SMILES string of the molecule is CC(C)COC(=O)[C@@H](C)Oc1cc(-c2ncc(C(F)(F)F)cc2F)c(F)cc1Cl. The van der Waals surface area contributed by atoms with E-state index in [0.717, 1.165) is 12.1 Å². The minimum atomic E-state index is -4.80. The predicted octanol–water partition coefficient (Wildman–Crippen LogP) is 5.67. The highest BCUT2D eigenvalue weighted by molar-refractivity contribution is 6.32. The van der Waals surface area contributed by atoms with Gasteiger partial charge < -0.3 is 9.47 Å². The Labute approximate surface area is 168 Å². The van der Waals surface area contributed by atoms with Crippen molar-refractivity contribution in [3.63, 3.8) is 0 Å². The molecule has 0 saturated heterocycles. The van der Waals surface area contributed by atoms with Crippen LogP contribution in [0.4, 0.5) is 22.0 Å². The van der Waals surface area contributed by atoms with E-state index in [1.807, 2.05) is 13.8 Å². The van der Waals surface area contributed by atoms with Gasteiger partial charge in [0.1, 0.15) is 23.1 Å². The van der Waals surface area contributed by atoms with Crippen molar-refractivity contribution in [2.24, 2.45) is 5.92 Å². The first-order chi connectivity index (χ1) is 13.4. The summed E-state index contributed by atoms with van der Waals surface area (Å²) in [6, 6.07) is 1.96. The maximum atomic E-state index is 14.3. The fraction of sp³-hybridized carbons (Fsp3) is 0.368. The lowest BCUT2D eigenvalue weighted by Crippen LogP contribution is -2.27. The third-order valence-corrected chi connectivity index (χ3v) is 3.94. The molecule has 1 aromatic carbocycles. The van der Waals surface area contributed by atoms with E-state index in [0.29, 0.717) is 6.20 Å². The zero-order valence-electron chi connectivity index (χ0n) is 15.6. The lowest BCUT2D eigenvalue weighted by Gasteiger charge is -2.17. The van der Waals surface area contributed by atoms with Crippen LogP contribution in [0.2, 0.25) is 5.02 Å². The zero-order valence-corrected chi connectivity index (χ0v) is 16.4. The van der Waals surface area contributed by atoms with Gasteiger partial charge in [-0.15, -0.1) is 0 Å². The minimum Gasteiger partial charge on any atom is -0.477 e. The summed E-state index contributed by atoms with van der Waals surface area (Å²) in [5.74, 6) is -3.18. The molecule has 0 saturated carbocycles. The maximum Gasteiger partial charge on any atom is 0.417 e. The number of ether oxygens (including phenoxy) is 2. The number of esters is 1. The second-order valence-electron chi connectivity index (χ2n) is 6.60. The van der Waals surface area contributed by atoms with Gasteiger partial charge in [0.05, 0.1) is 17.2 Å². The Balaban J connectivity index is 2.33. The van der Waals surface area contributed by atoms with Crippen molar-refractivity contribution < 1.29 is 36.2 Å². The van der Waals surface area contributed by atoms with E-state index in [4.69, 9.17) is 21.1 Å². The molecule has 0 aliphatic rings. The monoisotopic (exact) mass is 437 g/mol. The van der Waals surface area contributed by atoms with Crippen LogP contribution in [-0.2, 0) is 15.7 Å². The smallest absolute Gasteiger partial charge is 0.417 e. The zero-order chi connectivity index (χ0) is 21.9. The van der Waals surface area contributed by atoms with E-state index in [1.165, 1.54) is 6.92 Å². The van der Waals surface area contributed by atoms with E-state index in [1.54, 1.807) is 0 Å². The van der Waals surface area contributed by atoms with Gasteiger partial charge in [0.15, 0.2) is 6.10 Å². The number of carbonyl (C=O) groups is 1. The van der Waals surface area contributed by atoms with Gasteiger partial charge in [0.25, 0.3) is 0 Å². The Morgan fingerprint density at radius 1 is 1.14 bits per heavy atom. The number of benzene rings is 1. The lowest BCUT2D eigenvalue weighted by molar-refractivity contribution is -0.152. The predicted molar refractivity (Wildman–Crippen MR) is 95.5 cm³/mol. The number of hydrogen-bond donors (Lipinski definition) is 0. The van der Waals surface area contributed by atoms with Crippen LogP contribution in [-0.4, -0.2) is 23.7 Å². The number of aromatic nitrogens is 1. The summed E-state index contributed by atoms with van der Waals surface area (Å²) in [5.41, 5.74) is -2.45. The largest absolute Gasteiger partial charge is 0.477 e. The topological polar surface area (TPSA) is 48.4 Å². The van der Waals surface area contributed by atoms with Crippen LogP contribution in [0.15, 0.2) is 24.4 Å². The van der Waals surface area contributed by atoms with Gasteiger partial charge in [0, 0.05) is 11.8 Å². The highest BCUT2D eigenvalue weighted by Crippen LogP contribution is 2.36. The van der Waals surface area contributed by atoms with Crippen LogP contribution in [0.25, 0.3) is 11.3 Å². The van der Waals surface area contributed by atoms with Gasteiger partial charge in [-0.2, -0.15) is 13.2 Å². The lowest BCUT2D eigenvalue weighted by atomic mass is 10.1. The Kier molecular flexibility index (Phi) is 7.05. The third-order valence-electron chi connectivity index (χ3n) is 3.64. The molecule has 0 N–H and O–H groups in total. The molecule has 2 aromatic rings. The van der Waals surface area contributed by atoms with Crippen LogP contribution in [0, 0.1) is 17.6 Å². The van der Waals surface area contributed by atoms with E-state index in [-0.39, 0.29) is 29.4 Å². The molecule has 0 bridgehead atoms. The number of pyridine rings is 1. The van der Waals surface area contributed by atoms with E-state index < -0.39 is 46.7 Å². The molecule has 1 heterocycles. The number of alkyl halides is 3. The third kappa shape index (κ3) is 5.79. The number of carbonyl (C=O) groups excluding carboxylic acids is 1. The first-order valence-electron chi connectivity index (χ1n) is 8.45. The molecule has 1 atom stereocenters. The molecule has 0 radical (unpaired) electrons. The number of nitrogens with zero attached hydrogens (tertiary/aromatic N) is 1. The highest BCUT2D eigenvalue weighted by atomic mass is 35.5. The van der Waals surface area contributed by atoms with Crippen LogP contribution in [0.1, 0.15) is 26.3 Å². The van der Waals surface area contributed by atoms with Crippen LogP contribution < -0.4 is 4.74 Å². The maximum absolute atomic E-state index is 14.3. The minimum absolute atomic E-state index is 0.0980. The molecule has 1 aromatic heterocycles. The van der Waals surface area contributed by atoms with E-state index in [9.17, 15) is 26.7 Å². The van der Waals surface area contributed by atoms with Crippen molar-refractivity contribution in [1.82, 2.24) is 4.98 Å².